The number of ether oxygens (including phenoxy) is 1. The molecule has 0 atom stereocenters. The Balaban J connectivity index is 2.31. The van der Waals surface area contributed by atoms with Gasteiger partial charge in [-0.3, -0.25) is 4.98 Å². The van der Waals surface area contributed by atoms with Crippen LogP contribution in [0.3, 0.4) is 0 Å². The molecule has 0 aliphatic heterocycles. The third kappa shape index (κ3) is 2.88. The van der Waals surface area contributed by atoms with Crippen molar-refractivity contribution in [2.24, 2.45) is 0 Å². The number of pyridine rings is 2. The van der Waals surface area contributed by atoms with Crippen LogP contribution in [0, 0.1) is 0 Å². The number of halogens is 3. The predicted molar refractivity (Wildman–Crippen MR) is 59.1 cm³/mol. The van der Waals surface area contributed by atoms with Gasteiger partial charge < -0.3 is 4.74 Å². The average molecular weight is 257 g/mol. The lowest BCUT2D eigenvalue weighted by Crippen LogP contribution is -2.04. The summed E-state index contributed by atoms with van der Waals surface area (Å²) < 4.78 is 28.1. The molecule has 0 unspecified atom stereocenters. The van der Waals surface area contributed by atoms with E-state index < -0.39 is 6.61 Å². The monoisotopic (exact) mass is 256 g/mol. The van der Waals surface area contributed by atoms with E-state index in [4.69, 9.17) is 11.6 Å². The van der Waals surface area contributed by atoms with E-state index in [0.717, 1.165) is 5.56 Å². The summed E-state index contributed by atoms with van der Waals surface area (Å²) in [4.78, 5) is 7.61. The van der Waals surface area contributed by atoms with E-state index in [9.17, 15) is 8.78 Å². The van der Waals surface area contributed by atoms with Gasteiger partial charge >= 0.3 is 6.61 Å². The molecule has 0 bridgehead atoms. The summed E-state index contributed by atoms with van der Waals surface area (Å²) in [6.07, 6.45) is 4.65. The number of nitrogens with zero attached hydrogens (tertiary/aromatic N) is 2. The van der Waals surface area contributed by atoms with Gasteiger partial charge in [-0.2, -0.15) is 8.78 Å². The molecule has 0 aliphatic rings. The largest absolute Gasteiger partial charge is 0.415 e. The molecule has 0 aliphatic carbocycles. The van der Waals surface area contributed by atoms with Crippen molar-refractivity contribution in [2.75, 3.05) is 0 Å². The molecule has 0 N–H and O–H groups in total. The van der Waals surface area contributed by atoms with E-state index >= 15 is 0 Å². The molecule has 17 heavy (non-hydrogen) atoms. The SMILES string of the molecule is FC(F)Oc1ncc(-c2ccncc2)cc1Cl. The zero-order valence-corrected chi connectivity index (χ0v) is 9.23. The highest BCUT2D eigenvalue weighted by atomic mass is 35.5. The maximum absolute atomic E-state index is 12.0. The Bertz CT molecular complexity index is 508. The van der Waals surface area contributed by atoms with Crippen LogP contribution in [0.4, 0.5) is 8.78 Å². The van der Waals surface area contributed by atoms with E-state index in [1.807, 2.05) is 0 Å². The van der Waals surface area contributed by atoms with Crippen molar-refractivity contribution >= 4 is 11.6 Å². The van der Waals surface area contributed by atoms with Crippen LogP contribution in [-0.4, -0.2) is 16.6 Å². The molecule has 0 spiro atoms. The molecule has 0 amide bonds. The summed E-state index contributed by atoms with van der Waals surface area (Å²) >= 11 is 5.79. The van der Waals surface area contributed by atoms with Gasteiger partial charge in [-0.1, -0.05) is 11.6 Å². The second-order valence-corrected chi connectivity index (χ2v) is 3.53. The molecule has 0 radical (unpaired) electrons. The van der Waals surface area contributed by atoms with Crippen molar-refractivity contribution in [3.8, 4) is 17.0 Å². The zero-order valence-electron chi connectivity index (χ0n) is 8.48. The summed E-state index contributed by atoms with van der Waals surface area (Å²) in [5, 5.41) is 0.0413. The minimum absolute atomic E-state index is 0.0413. The molecule has 2 heterocycles. The maximum atomic E-state index is 12.0. The van der Waals surface area contributed by atoms with Gasteiger partial charge in [0.1, 0.15) is 5.02 Å². The zero-order chi connectivity index (χ0) is 12.3. The van der Waals surface area contributed by atoms with Gasteiger partial charge in [0.25, 0.3) is 0 Å². The Kier molecular flexibility index (Phi) is 3.49. The highest BCUT2D eigenvalue weighted by Crippen LogP contribution is 2.28. The molecule has 6 heteroatoms. The summed E-state index contributed by atoms with van der Waals surface area (Å²) in [7, 11) is 0. The van der Waals surface area contributed by atoms with Crippen LogP contribution in [0.25, 0.3) is 11.1 Å². The van der Waals surface area contributed by atoms with Crippen molar-refractivity contribution in [1.29, 1.82) is 0 Å². The number of alkyl halides is 2. The molecular weight excluding hydrogens is 250 g/mol. The Morgan fingerprint density at radius 2 is 1.88 bits per heavy atom. The topological polar surface area (TPSA) is 35.0 Å². The van der Waals surface area contributed by atoms with Crippen molar-refractivity contribution in [3.05, 3.63) is 41.8 Å². The average Bonchev–Trinajstić information content (AvgIpc) is 2.32. The number of rotatable bonds is 3. The van der Waals surface area contributed by atoms with Gasteiger partial charge in [0, 0.05) is 24.2 Å². The third-order valence-electron chi connectivity index (χ3n) is 2.02. The van der Waals surface area contributed by atoms with Crippen molar-refractivity contribution in [2.45, 2.75) is 6.61 Å². The standard InChI is InChI=1S/C11H7ClF2N2O/c12-9-5-8(7-1-3-15-4-2-7)6-16-10(9)17-11(13)14/h1-6,11H. The fraction of sp³-hybridized carbons (Fsp3) is 0.0909. The Labute approximate surface area is 101 Å². The Morgan fingerprint density at radius 1 is 1.18 bits per heavy atom. The van der Waals surface area contributed by atoms with Gasteiger partial charge in [-0.15, -0.1) is 0 Å². The molecule has 2 aromatic rings. The Morgan fingerprint density at radius 3 is 2.47 bits per heavy atom. The van der Waals surface area contributed by atoms with Gasteiger partial charge in [0.05, 0.1) is 0 Å². The first-order valence-electron chi connectivity index (χ1n) is 4.67. The fourth-order valence-corrected chi connectivity index (χ4v) is 1.51. The van der Waals surface area contributed by atoms with Crippen LogP contribution in [0.15, 0.2) is 36.8 Å². The van der Waals surface area contributed by atoms with Gasteiger partial charge in [0.2, 0.25) is 5.88 Å². The molecular formula is C11H7ClF2N2O. The molecule has 3 nitrogen and oxygen atoms in total. The van der Waals surface area contributed by atoms with Gasteiger partial charge in [-0.05, 0) is 23.8 Å². The number of hydrogen-bond donors (Lipinski definition) is 0. The quantitative estimate of drug-likeness (QED) is 0.844. The van der Waals surface area contributed by atoms with Crippen LogP contribution in [0.5, 0.6) is 5.88 Å². The lowest BCUT2D eigenvalue weighted by Gasteiger charge is -2.07. The summed E-state index contributed by atoms with van der Waals surface area (Å²) in [5.74, 6) is -0.278. The first-order valence-corrected chi connectivity index (χ1v) is 5.05. The predicted octanol–water partition coefficient (Wildman–Crippen LogP) is 3.40. The second-order valence-electron chi connectivity index (χ2n) is 3.13. The van der Waals surface area contributed by atoms with Crippen molar-refractivity contribution < 1.29 is 13.5 Å². The highest BCUT2D eigenvalue weighted by molar-refractivity contribution is 6.32. The summed E-state index contributed by atoms with van der Waals surface area (Å²) in [5.41, 5.74) is 1.55. The number of aromatic nitrogens is 2. The summed E-state index contributed by atoms with van der Waals surface area (Å²) in [6.45, 7) is -2.94. The van der Waals surface area contributed by atoms with Gasteiger partial charge in [0.15, 0.2) is 0 Å². The lowest BCUT2D eigenvalue weighted by molar-refractivity contribution is -0.0527. The van der Waals surface area contributed by atoms with Gasteiger partial charge in [-0.25, -0.2) is 4.98 Å². The van der Waals surface area contributed by atoms with E-state index in [-0.39, 0.29) is 10.9 Å². The maximum Gasteiger partial charge on any atom is 0.388 e. The molecule has 88 valence electrons. The van der Waals surface area contributed by atoms with Crippen LogP contribution in [0.1, 0.15) is 0 Å². The lowest BCUT2D eigenvalue weighted by atomic mass is 10.1. The first-order chi connectivity index (χ1) is 8.16. The fourth-order valence-electron chi connectivity index (χ4n) is 1.30. The molecule has 0 saturated carbocycles. The number of hydrogen-bond acceptors (Lipinski definition) is 3. The third-order valence-corrected chi connectivity index (χ3v) is 2.29. The van der Waals surface area contributed by atoms with E-state index in [1.165, 1.54) is 12.3 Å². The molecule has 0 fully saturated rings. The van der Waals surface area contributed by atoms with Crippen LogP contribution >= 0.6 is 11.6 Å². The smallest absolute Gasteiger partial charge is 0.388 e. The Hall–Kier alpha value is -1.75. The van der Waals surface area contributed by atoms with E-state index in [2.05, 4.69) is 14.7 Å². The normalized spacial score (nSPS) is 10.6. The van der Waals surface area contributed by atoms with E-state index in [1.54, 1.807) is 24.5 Å². The molecule has 0 aromatic carbocycles. The molecule has 2 aromatic heterocycles. The first kappa shape index (κ1) is 11.7. The van der Waals surface area contributed by atoms with Crippen LogP contribution in [0.2, 0.25) is 5.02 Å². The summed E-state index contributed by atoms with van der Waals surface area (Å²) in [6, 6.07) is 5.05. The highest BCUT2D eigenvalue weighted by Gasteiger charge is 2.11. The van der Waals surface area contributed by atoms with Crippen molar-refractivity contribution in [1.82, 2.24) is 9.97 Å². The van der Waals surface area contributed by atoms with Crippen LogP contribution in [-0.2, 0) is 0 Å². The minimum atomic E-state index is -2.94. The minimum Gasteiger partial charge on any atom is -0.415 e. The van der Waals surface area contributed by atoms with E-state index in [0.29, 0.717) is 5.56 Å². The second kappa shape index (κ2) is 5.05. The van der Waals surface area contributed by atoms with Crippen LogP contribution < -0.4 is 4.74 Å². The molecule has 2 rings (SSSR count). The molecule has 0 saturated heterocycles. The van der Waals surface area contributed by atoms with Crippen molar-refractivity contribution in [3.63, 3.8) is 0 Å².